The molecule has 0 aliphatic carbocycles. The minimum Gasteiger partial charge on any atom is -0.506 e. The van der Waals surface area contributed by atoms with Crippen LogP contribution in [0.4, 0.5) is 0 Å². The lowest BCUT2D eigenvalue weighted by Gasteiger charge is -1.92. The van der Waals surface area contributed by atoms with Crippen molar-refractivity contribution in [3.63, 3.8) is 0 Å². The highest BCUT2D eigenvalue weighted by Crippen LogP contribution is 2.43. The molecule has 0 atom stereocenters. The molecule has 0 fully saturated rings. The van der Waals surface area contributed by atoms with Gasteiger partial charge in [0.15, 0.2) is 0 Å². The highest BCUT2D eigenvalue weighted by atomic mass is 32.1. The van der Waals surface area contributed by atoms with Crippen LogP contribution >= 0.6 is 22.7 Å². The standard InChI is InChI=1S/C11H7NOS2/c13-9-7-3-1-5-12-11(7)15-10(9)8-4-2-6-14-8/h1-6,13H. The second-order valence-corrected chi connectivity index (χ2v) is 5.06. The van der Waals surface area contributed by atoms with E-state index in [0.717, 1.165) is 20.0 Å². The molecule has 3 heterocycles. The summed E-state index contributed by atoms with van der Waals surface area (Å²) in [4.78, 5) is 7.13. The fourth-order valence-corrected chi connectivity index (χ4v) is 3.39. The maximum absolute atomic E-state index is 10.0. The van der Waals surface area contributed by atoms with E-state index < -0.39 is 0 Å². The van der Waals surface area contributed by atoms with Crippen molar-refractivity contribution >= 4 is 32.9 Å². The van der Waals surface area contributed by atoms with E-state index in [-0.39, 0.29) is 0 Å². The number of nitrogens with zero attached hydrogens (tertiary/aromatic N) is 1. The maximum atomic E-state index is 10.0. The first-order valence-electron chi connectivity index (χ1n) is 4.46. The van der Waals surface area contributed by atoms with E-state index in [4.69, 9.17) is 0 Å². The summed E-state index contributed by atoms with van der Waals surface area (Å²) in [6.45, 7) is 0. The lowest BCUT2D eigenvalue weighted by atomic mass is 10.3. The molecular weight excluding hydrogens is 226 g/mol. The molecule has 0 aliphatic heterocycles. The van der Waals surface area contributed by atoms with E-state index >= 15 is 0 Å². The van der Waals surface area contributed by atoms with Gasteiger partial charge < -0.3 is 5.11 Å². The third-order valence-electron chi connectivity index (χ3n) is 2.19. The summed E-state index contributed by atoms with van der Waals surface area (Å²) in [5, 5.41) is 12.9. The van der Waals surface area contributed by atoms with E-state index in [9.17, 15) is 5.11 Å². The monoisotopic (exact) mass is 233 g/mol. The fraction of sp³-hybridized carbons (Fsp3) is 0. The van der Waals surface area contributed by atoms with Gasteiger partial charge in [-0.15, -0.1) is 22.7 Å². The number of thiophene rings is 2. The van der Waals surface area contributed by atoms with Crippen LogP contribution < -0.4 is 0 Å². The Kier molecular flexibility index (Phi) is 1.97. The third-order valence-corrected chi connectivity index (χ3v) is 4.34. The number of fused-ring (bicyclic) bond motifs is 1. The fourth-order valence-electron chi connectivity index (χ4n) is 1.49. The molecule has 74 valence electrons. The molecule has 3 aromatic heterocycles. The van der Waals surface area contributed by atoms with Crippen LogP contribution in [0.5, 0.6) is 5.75 Å². The molecule has 0 saturated carbocycles. The van der Waals surface area contributed by atoms with Gasteiger partial charge >= 0.3 is 0 Å². The normalized spacial score (nSPS) is 10.9. The highest BCUT2D eigenvalue weighted by molar-refractivity contribution is 7.25. The summed E-state index contributed by atoms with van der Waals surface area (Å²) in [6.07, 6.45) is 1.75. The molecule has 0 spiro atoms. The Hall–Kier alpha value is -1.39. The minimum absolute atomic E-state index is 0.352. The third kappa shape index (κ3) is 1.33. The number of hydrogen-bond acceptors (Lipinski definition) is 4. The Morgan fingerprint density at radius 3 is 2.87 bits per heavy atom. The summed E-state index contributed by atoms with van der Waals surface area (Å²) in [5.74, 6) is 0.352. The second kappa shape index (κ2) is 3.32. The van der Waals surface area contributed by atoms with Crippen LogP contribution in [-0.4, -0.2) is 10.1 Å². The molecule has 4 heteroatoms. The van der Waals surface area contributed by atoms with Crippen molar-refractivity contribution in [3.8, 4) is 15.5 Å². The van der Waals surface area contributed by atoms with Gasteiger partial charge in [0.2, 0.25) is 0 Å². The Balaban J connectivity index is 2.33. The van der Waals surface area contributed by atoms with Crippen molar-refractivity contribution < 1.29 is 5.11 Å². The van der Waals surface area contributed by atoms with Gasteiger partial charge in [0, 0.05) is 11.1 Å². The molecule has 2 nitrogen and oxygen atoms in total. The zero-order valence-electron chi connectivity index (χ0n) is 7.68. The molecule has 0 aliphatic rings. The maximum Gasteiger partial charge on any atom is 0.144 e. The smallest absolute Gasteiger partial charge is 0.144 e. The van der Waals surface area contributed by atoms with Gasteiger partial charge in [-0.25, -0.2) is 4.98 Å². The van der Waals surface area contributed by atoms with Crippen molar-refractivity contribution in [1.82, 2.24) is 4.98 Å². The van der Waals surface area contributed by atoms with Crippen molar-refractivity contribution in [3.05, 3.63) is 35.8 Å². The summed E-state index contributed by atoms with van der Waals surface area (Å²) in [5.41, 5.74) is 0. The van der Waals surface area contributed by atoms with Crippen molar-refractivity contribution in [2.75, 3.05) is 0 Å². The molecule has 0 unspecified atom stereocenters. The largest absolute Gasteiger partial charge is 0.506 e. The molecule has 3 aromatic rings. The van der Waals surface area contributed by atoms with Crippen LogP contribution in [0, 0.1) is 0 Å². The van der Waals surface area contributed by atoms with E-state index in [1.165, 1.54) is 11.3 Å². The predicted molar refractivity (Wildman–Crippen MR) is 64.6 cm³/mol. The highest BCUT2D eigenvalue weighted by Gasteiger charge is 2.13. The van der Waals surface area contributed by atoms with Crippen LogP contribution in [0.15, 0.2) is 35.8 Å². The summed E-state index contributed by atoms with van der Waals surface area (Å²) < 4.78 is 0. The molecule has 0 amide bonds. The SMILES string of the molecule is Oc1c(-c2cccs2)sc2ncccc12. The Bertz CT molecular complexity index is 598. The van der Waals surface area contributed by atoms with Gasteiger partial charge in [0.25, 0.3) is 0 Å². The van der Waals surface area contributed by atoms with Crippen molar-refractivity contribution in [2.24, 2.45) is 0 Å². The zero-order chi connectivity index (χ0) is 10.3. The van der Waals surface area contributed by atoms with Crippen LogP contribution in [-0.2, 0) is 0 Å². The average Bonchev–Trinajstić information content (AvgIpc) is 2.87. The van der Waals surface area contributed by atoms with Gasteiger partial charge in [-0.1, -0.05) is 6.07 Å². The number of hydrogen-bond donors (Lipinski definition) is 1. The topological polar surface area (TPSA) is 33.1 Å². The molecule has 0 radical (unpaired) electrons. The van der Waals surface area contributed by atoms with Crippen molar-refractivity contribution in [1.29, 1.82) is 0 Å². The van der Waals surface area contributed by atoms with Crippen molar-refractivity contribution in [2.45, 2.75) is 0 Å². The first kappa shape index (κ1) is 8.88. The van der Waals surface area contributed by atoms with Gasteiger partial charge in [-0.05, 0) is 23.6 Å². The molecule has 3 rings (SSSR count). The minimum atomic E-state index is 0.352. The number of rotatable bonds is 1. The number of aromatic nitrogens is 1. The number of pyridine rings is 1. The molecule has 15 heavy (non-hydrogen) atoms. The molecule has 0 aromatic carbocycles. The second-order valence-electron chi connectivity index (χ2n) is 3.11. The van der Waals surface area contributed by atoms with E-state index in [1.807, 2.05) is 29.6 Å². The lowest BCUT2D eigenvalue weighted by Crippen LogP contribution is -1.67. The van der Waals surface area contributed by atoms with Crippen LogP contribution in [0.25, 0.3) is 20.0 Å². The Labute approximate surface area is 94.5 Å². The quantitative estimate of drug-likeness (QED) is 0.694. The van der Waals surface area contributed by atoms with Crippen LogP contribution in [0.2, 0.25) is 0 Å². The first-order chi connectivity index (χ1) is 7.36. The van der Waals surface area contributed by atoms with Gasteiger partial charge in [0.05, 0.1) is 10.3 Å². The molecule has 0 bridgehead atoms. The first-order valence-corrected chi connectivity index (χ1v) is 6.16. The van der Waals surface area contributed by atoms with Gasteiger partial charge in [-0.2, -0.15) is 0 Å². The Morgan fingerprint density at radius 1 is 1.20 bits per heavy atom. The molecular formula is C11H7NOS2. The van der Waals surface area contributed by atoms with Crippen LogP contribution in [0.1, 0.15) is 0 Å². The van der Waals surface area contributed by atoms with Gasteiger partial charge in [-0.3, -0.25) is 0 Å². The lowest BCUT2D eigenvalue weighted by molar-refractivity contribution is 0.485. The van der Waals surface area contributed by atoms with E-state index in [2.05, 4.69) is 4.98 Å². The predicted octanol–water partition coefficient (Wildman–Crippen LogP) is 3.73. The van der Waals surface area contributed by atoms with Gasteiger partial charge in [0.1, 0.15) is 10.6 Å². The summed E-state index contributed by atoms with van der Waals surface area (Å²) >= 11 is 3.16. The molecule has 0 saturated heterocycles. The summed E-state index contributed by atoms with van der Waals surface area (Å²) in [7, 11) is 0. The number of aromatic hydroxyl groups is 1. The van der Waals surface area contributed by atoms with Crippen LogP contribution in [0.3, 0.4) is 0 Å². The van der Waals surface area contributed by atoms with E-state index in [0.29, 0.717) is 5.75 Å². The summed E-state index contributed by atoms with van der Waals surface area (Å²) in [6, 6.07) is 7.73. The van der Waals surface area contributed by atoms with E-state index in [1.54, 1.807) is 17.5 Å². The molecule has 1 N–H and O–H groups in total. The average molecular weight is 233 g/mol. The zero-order valence-corrected chi connectivity index (χ0v) is 9.31. The Morgan fingerprint density at radius 2 is 2.13 bits per heavy atom.